The highest BCUT2D eigenvalue weighted by molar-refractivity contribution is 7.78. The number of rotatable bonds is 12. The Bertz CT molecular complexity index is 1140. The molecule has 0 N–H and O–H groups in total. The number of nitrogens with zero attached hydrogens (tertiary/aromatic N) is 3. The van der Waals surface area contributed by atoms with E-state index >= 15 is 0 Å². The van der Waals surface area contributed by atoms with Crippen LogP contribution < -0.4 is 9.05 Å². The molecular weight excluding hydrogens is 543 g/mol. The third-order valence-corrected chi connectivity index (χ3v) is 13.7. The summed E-state index contributed by atoms with van der Waals surface area (Å²) in [6.07, 6.45) is -1.02. The van der Waals surface area contributed by atoms with Gasteiger partial charge in [0.25, 0.3) is 0 Å². The van der Waals surface area contributed by atoms with Crippen molar-refractivity contribution in [2.45, 2.75) is 93.7 Å². The minimum absolute atomic E-state index is 0.256. The van der Waals surface area contributed by atoms with Gasteiger partial charge in [0.1, 0.15) is 11.5 Å². The number of hydrogen-bond donors (Lipinski definition) is 0. The van der Waals surface area contributed by atoms with Crippen LogP contribution in [0.1, 0.15) is 66.5 Å². The monoisotopic (exact) mass is 585 g/mol. The van der Waals surface area contributed by atoms with E-state index in [0.717, 1.165) is 11.1 Å². The molecular formula is C26H42N3O6P3. The third-order valence-electron chi connectivity index (χ3n) is 4.56. The van der Waals surface area contributed by atoms with Gasteiger partial charge in [-0.15, -0.1) is 13.5 Å². The third kappa shape index (κ3) is 8.79. The lowest BCUT2D eigenvalue weighted by Gasteiger charge is -2.35. The highest BCUT2D eigenvalue weighted by atomic mass is 31.3. The van der Waals surface area contributed by atoms with Crippen LogP contribution in [0.4, 0.5) is 0 Å². The maximum atomic E-state index is 6.60. The highest BCUT2D eigenvalue weighted by Gasteiger charge is 2.46. The van der Waals surface area contributed by atoms with Crippen LogP contribution in [-0.4, -0.2) is 24.4 Å². The number of aryl methyl sites for hydroxylation is 2. The van der Waals surface area contributed by atoms with E-state index in [1.54, 1.807) is 0 Å². The Morgan fingerprint density at radius 2 is 0.711 bits per heavy atom. The van der Waals surface area contributed by atoms with Gasteiger partial charge in [0.2, 0.25) is 0 Å². The van der Waals surface area contributed by atoms with E-state index in [-0.39, 0.29) is 24.4 Å². The van der Waals surface area contributed by atoms with Crippen molar-refractivity contribution in [2.75, 3.05) is 0 Å². The van der Waals surface area contributed by atoms with Crippen molar-refractivity contribution in [1.82, 2.24) is 0 Å². The van der Waals surface area contributed by atoms with Crippen molar-refractivity contribution in [2.24, 2.45) is 13.5 Å². The minimum Gasteiger partial charge on any atom is -0.413 e. The first-order valence-electron chi connectivity index (χ1n) is 12.9. The summed E-state index contributed by atoms with van der Waals surface area (Å²) in [5, 5.41) is 0. The van der Waals surface area contributed by atoms with E-state index in [2.05, 4.69) is 0 Å². The van der Waals surface area contributed by atoms with Gasteiger partial charge < -0.3 is 27.1 Å². The van der Waals surface area contributed by atoms with Crippen molar-refractivity contribution in [3.63, 3.8) is 0 Å². The van der Waals surface area contributed by atoms with Crippen molar-refractivity contribution in [1.29, 1.82) is 0 Å². The highest BCUT2D eigenvalue weighted by Crippen LogP contribution is 2.80. The predicted octanol–water partition coefficient (Wildman–Crippen LogP) is 10.3. The summed E-state index contributed by atoms with van der Waals surface area (Å²) in [5.74, 6) is 1.09. The van der Waals surface area contributed by atoms with Gasteiger partial charge in [0.05, 0.1) is 24.4 Å². The van der Waals surface area contributed by atoms with E-state index in [4.69, 9.17) is 40.7 Å². The largest absolute Gasteiger partial charge is 0.457 e. The lowest BCUT2D eigenvalue weighted by atomic mass is 10.2. The molecule has 9 nitrogen and oxygen atoms in total. The van der Waals surface area contributed by atoms with Crippen LogP contribution in [0.15, 0.2) is 62.1 Å². The molecule has 0 aliphatic carbocycles. The molecule has 3 rings (SSSR count). The van der Waals surface area contributed by atoms with E-state index in [9.17, 15) is 0 Å². The fraction of sp³-hybridized carbons (Fsp3) is 0.538. The average Bonchev–Trinajstić information content (AvgIpc) is 2.74. The average molecular weight is 586 g/mol. The Balaban J connectivity index is 2.40. The molecule has 2 aromatic rings. The minimum atomic E-state index is -3.58. The van der Waals surface area contributed by atoms with Gasteiger partial charge in [-0.2, -0.15) is 0 Å². The number of benzene rings is 2. The maximum Gasteiger partial charge on any atom is 0.457 e. The van der Waals surface area contributed by atoms with Gasteiger partial charge in [-0.1, -0.05) is 35.4 Å². The molecule has 1 aliphatic heterocycles. The van der Waals surface area contributed by atoms with Gasteiger partial charge >= 0.3 is 23.0 Å². The van der Waals surface area contributed by atoms with Crippen LogP contribution in [0, 0.1) is 13.8 Å². The quantitative estimate of drug-likeness (QED) is 0.230. The van der Waals surface area contributed by atoms with E-state index in [1.807, 2.05) is 118 Å². The zero-order valence-electron chi connectivity index (χ0n) is 24.1. The molecule has 0 amide bonds. The van der Waals surface area contributed by atoms with E-state index in [0.29, 0.717) is 11.5 Å². The molecule has 0 saturated heterocycles. The van der Waals surface area contributed by atoms with Crippen LogP contribution in [-0.2, 0) is 18.1 Å². The second kappa shape index (κ2) is 12.8. The lowest BCUT2D eigenvalue weighted by Crippen LogP contribution is -2.14. The molecule has 12 heteroatoms. The maximum absolute atomic E-state index is 6.60. The SMILES string of the molecule is Cc1ccc(OP2(Oc3ccc(C)cc3)=NP(OC(C)C)(OC(C)C)=NP(OC(C)C)(OC(C)C)=N2)cc1. The van der Waals surface area contributed by atoms with Gasteiger partial charge in [-0.05, 0) is 93.5 Å². The summed E-state index contributed by atoms with van der Waals surface area (Å²) in [6, 6.07) is 15.3. The summed E-state index contributed by atoms with van der Waals surface area (Å²) >= 11 is 0. The van der Waals surface area contributed by atoms with Crippen molar-refractivity contribution in [3.8, 4) is 11.5 Å². The molecule has 1 heterocycles. The first kappa shape index (κ1) is 31.1. The fourth-order valence-corrected chi connectivity index (χ4v) is 13.2. The Kier molecular flexibility index (Phi) is 10.5. The van der Waals surface area contributed by atoms with Gasteiger partial charge in [-0.25, -0.2) is 0 Å². The zero-order chi connectivity index (χ0) is 28.1. The lowest BCUT2D eigenvalue weighted by molar-refractivity contribution is 0.159. The van der Waals surface area contributed by atoms with E-state index in [1.165, 1.54) is 0 Å². The fourth-order valence-electron chi connectivity index (χ4n) is 3.36. The van der Waals surface area contributed by atoms with Crippen LogP contribution in [0.5, 0.6) is 11.5 Å². The first-order valence-corrected chi connectivity index (χ1v) is 17.5. The van der Waals surface area contributed by atoms with Gasteiger partial charge in [0, 0.05) is 0 Å². The molecule has 0 atom stereocenters. The Hall–Kier alpha value is -1.43. The summed E-state index contributed by atoms with van der Waals surface area (Å²) in [5.41, 5.74) is 2.19. The normalized spacial score (nSPS) is 17.7. The predicted molar refractivity (Wildman–Crippen MR) is 157 cm³/mol. The molecule has 0 spiro atoms. The van der Waals surface area contributed by atoms with E-state index < -0.39 is 23.0 Å². The first-order chi connectivity index (χ1) is 17.7. The summed E-state index contributed by atoms with van der Waals surface area (Å²) in [7, 11) is -10.4. The van der Waals surface area contributed by atoms with Crippen molar-refractivity contribution >= 4 is 23.0 Å². The smallest absolute Gasteiger partial charge is 0.413 e. The molecule has 0 fully saturated rings. The van der Waals surface area contributed by atoms with Crippen LogP contribution in [0.2, 0.25) is 0 Å². The van der Waals surface area contributed by atoms with Gasteiger partial charge in [-0.3, -0.25) is 0 Å². The second-order valence-corrected chi connectivity index (χ2v) is 16.5. The number of hydrogen-bond acceptors (Lipinski definition) is 9. The van der Waals surface area contributed by atoms with Crippen molar-refractivity contribution in [3.05, 3.63) is 59.7 Å². The molecule has 212 valence electrons. The van der Waals surface area contributed by atoms with Gasteiger partial charge in [0.15, 0.2) is 0 Å². The Morgan fingerprint density at radius 3 is 1.00 bits per heavy atom. The molecule has 0 saturated carbocycles. The molecule has 1 aliphatic rings. The molecule has 0 radical (unpaired) electrons. The molecule has 0 unspecified atom stereocenters. The molecule has 0 aromatic heterocycles. The summed E-state index contributed by atoms with van der Waals surface area (Å²) in [4.78, 5) is 0. The van der Waals surface area contributed by atoms with Crippen LogP contribution in [0.3, 0.4) is 0 Å². The Labute approximate surface area is 228 Å². The summed E-state index contributed by atoms with van der Waals surface area (Å²) < 4.78 is 53.9. The zero-order valence-corrected chi connectivity index (χ0v) is 26.7. The molecule has 0 bridgehead atoms. The topological polar surface area (TPSA) is 92.5 Å². The second-order valence-electron chi connectivity index (χ2n) is 10.2. The van der Waals surface area contributed by atoms with Crippen molar-refractivity contribution < 1.29 is 27.1 Å². The molecule has 38 heavy (non-hydrogen) atoms. The standard InChI is InChI=1S/C26H42N3O6P3/c1-19(2)30-36(31-20(3)4)27-37(32-21(5)6,33-22(7)8)29-38(28-36,34-25-15-11-23(9)12-16-25)35-26-17-13-24(10)14-18-26/h11-22H,1-10H3. The van der Waals surface area contributed by atoms with Crippen LogP contribution >= 0.6 is 23.0 Å². The summed E-state index contributed by atoms with van der Waals surface area (Å²) in [6.45, 7) is 19.3. The Morgan fingerprint density at radius 1 is 0.447 bits per heavy atom. The van der Waals surface area contributed by atoms with Crippen LogP contribution in [0.25, 0.3) is 0 Å². The molecule has 2 aromatic carbocycles.